The van der Waals surface area contributed by atoms with E-state index in [0.29, 0.717) is 16.7 Å². The van der Waals surface area contributed by atoms with Crippen molar-refractivity contribution >= 4 is 23.4 Å². The zero-order valence-electron chi connectivity index (χ0n) is 15.2. The van der Waals surface area contributed by atoms with Crippen molar-refractivity contribution < 1.29 is 4.52 Å². The zero-order chi connectivity index (χ0) is 19.3. The number of aromatic nitrogens is 5. The lowest BCUT2D eigenvalue weighted by Crippen LogP contribution is -1.99. The molecule has 0 aliphatic carbocycles. The summed E-state index contributed by atoms with van der Waals surface area (Å²) in [6, 6.07) is 17.6. The Kier molecular flexibility index (Phi) is 5.73. The average molecular weight is 412 g/mol. The summed E-state index contributed by atoms with van der Waals surface area (Å²) in [6.45, 7) is 2.09. The van der Waals surface area contributed by atoms with Gasteiger partial charge in [-0.1, -0.05) is 53.6 Å². The summed E-state index contributed by atoms with van der Waals surface area (Å²) < 4.78 is 7.36. The van der Waals surface area contributed by atoms with Crippen LogP contribution >= 0.6 is 23.4 Å². The quantitative estimate of drug-likeness (QED) is 0.388. The number of hydrogen-bond donors (Lipinski definition) is 0. The van der Waals surface area contributed by atoms with E-state index in [1.54, 1.807) is 0 Å². The van der Waals surface area contributed by atoms with Crippen molar-refractivity contribution in [2.24, 2.45) is 0 Å². The van der Waals surface area contributed by atoms with Crippen LogP contribution in [0.25, 0.3) is 17.1 Å². The van der Waals surface area contributed by atoms with Crippen LogP contribution in [0.2, 0.25) is 5.02 Å². The zero-order valence-corrected chi connectivity index (χ0v) is 16.8. The van der Waals surface area contributed by atoms with Crippen LogP contribution in [-0.2, 0) is 12.2 Å². The Morgan fingerprint density at radius 2 is 1.82 bits per heavy atom. The fraction of sp³-hybridized carbons (Fsp3) is 0.200. The molecule has 2 heterocycles. The normalized spacial score (nSPS) is 11.1. The molecule has 0 saturated carbocycles. The number of halogens is 1. The van der Waals surface area contributed by atoms with Gasteiger partial charge in [-0.25, -0.2) is 0 Å². The predicted molar refractivity (Wildman–Crippen MR) is 110 cm³/mol. The highest BCUT2D eigenvalue weighted by atomic mass is 35.5. The summed E-state index contributed by atoms with van der Waals surface area (Å²) in [5.74, 6) is 2.61. The number of rotatable bonds is 7. The maximum Gasteiger partial charge on any atom is 0.237 e. The van der Waals surface area contributed by atoms with E-state index in [1.165, 1.54) is 11.8 Å². The lowest BCUT2D eigenvalue weighted by molar-refractivity contribution is 0.384. The number of benzene rings is 2. The Bertz CT molecular complexity index is 1050. The van der Waals surface area contributed by atoms with E-state index in [-0.39, 0.29) is 0 Å². The van der Waals surface area contributed by atoms with Gasteiger partial charge in [0.25, 0.3) is 0 Å². The molecule has 6 nitrogen and oxygen atoms in total. The van der Waals surface area contributed by atoms with Gasteiger partial charge in [-0.05, 0) is 42.8 Å². The van der Waals surface area contributed by atoms with E-state index in [1.807, 2.05) is 59.2 Å². The first-order valence-electron chi connectivity index (χ1n) is 8.95. The predicted octanol–water partition coefficient (Wildman–Crippen LogP) is 5.22. The molecule has 2 aromatic carbocycles. The summed E-state index contributed by atoms with van der Waals surface area (Å²) in [5.41, 5.74) is 1.92. The molecule has 4 rings (SSSR count). The highest BCUT2D eigenvalue weighted by molar-refractivity contribution is 7.98. The molecule has 4 aromatic rings. The molecule has 0 atom stereocenters. The number of para-hydroxylation sites is 1. The van der Waals surface area contributed by atoms with Crippen molar-refractivity contribution in [3.63, 3.8) is 0 Å². The molecule has 0 saturated heterocycles. The second-order valence-corrected chi connectivity index (χ2v) is 7.51. The van der Waals surface area contributed by atoms with Crippen molar-refractivity contribution in [2.75, 3.05) is 0 Å². The number of aryl methyl sites for hydroxylation is 1. The Hall–Kier alpha value is -2.64. The molecule has 0 fully saturated rings. The Morgan fingerprint density at radius 3 is 2.57 bits per heavy atom. The highest BCUT2D eigenvalue weighted by Gasteiger charge is 2.17. The van der Waals surface area contributed by atoms with Gasteiger partial charge in [-0.15, -0.1) is 10.2 Å². The highest BCUT2D eigenvalue weighted by Crippen LogP contribution is 2.30. The summed E-state index contributed by atoms with van der Waals surface area (Å²) in [7, 11) is 0. The van der Waals surface area contributed by atoms with Gasteiger partial charge in [-0.3, -0.25) is 4.57 Å². The SMILES string of the molecule is CCCc1noc(CSc2nnc(-c3ccc(Cl)cc3)n2-c2ccccc2)n1. The van der Waals surface area contributed by atoms with Gasteiger partial charge < -0.3 is 4.52 Å². The molecule has 0 unspecified atom stereocenters. The minimum atomic E-state index is 0.530. The summed E-state index contributed by atoms with van der Waals surface area (Å²) in [5, 5.41) is 14.3. The van der Waals surface area contributed by atoms with Crippen LogP contribution in [0.5, 0.6) is 0 Å². The second kappa shape index (κ2) is 8.58. The lowest BCUT2D eigenvalue weighted by Gasteiger charge is -2.09. The van der Waals surface area contributed by atoms with E-state index >= 15 is 0 Å². The molecule has 28 heavy (non-hydrogen) atoms. The molecule has 0 bridgehead atoms. The molecule has 0 spiro atoms. The maximum absolute atomic E-state index is 6.03. The summed E-state index contributed by atoms with van der Waals surface area (Å²) >= 11 is 7.54. The molecule has 142 valence electrons. The van der Waals surface area contributed by atoms with E-state index in [4.69, 9.17) is 16.1 Å². The molecule has 0 amide bonds. The Labute approximate surface area is 172 Å². The van der Waals surface area contributed by atoms with Crippen molar-refractivity contribution in [1.29, 1.82) is 0 Å². The van der Waals surface area contributed by atoms with Gasteiger partial charge in [0, 0.05) is 22.7 Å². The molecule has 8 heteroatoms. The van der Waals surface area contributed by atoms with E-state index in [0.717, 1.165) is 40.9 Å². The van der Waals surface area contributed by atoms with Crippen LogP contribution in [0.4, 0.5) is 0 Å². The van der Waals surface area contributed by atoms with Crippen LogP contribution in [0.3, 0.4) is 0 Å². The van der Waals surface area contributed by atoms with Gasteiger partial charge in [0.05, 0.1) is 5.75 Å². The Morgan fingerprint density at radius 1 is 1.04 bits per heavy atom. The molecule has 0 N–H and O–H groups in total. The molecule has 0 aliphatic heterocycles. The van der Waals surface area contributed by atoms with E-state index < -0.39 is 0 Å². The maximum atomic E-state index is 6.03. The van der Waals surface area contributed by atoms with Crippen molar-refractivity contribution in [3.05, 3.63) is 71.3 Å². The third-order valence-electron chi connectivity index (χ3n) is 4.06. The van der Waals surface area contributed by atoms with Gasteiger partial charge in [0.1, 0.15) is 0 Å². The van der Waals surface area contributed by atoms with E-state index in [2.05, 4.69) is 27.3 Å². The molecular formula is C20H18ClN5OS. The first-order valence-corrected chi connectivity index (χ1v) is 10.3. The van der Waals surface area contributed by atoms with E-state index in [9.17, 15) is 0 Å². The number of hydrogen-bond acceptors (Lipinski definition) is 6. The van der Waals surface area contributed by atoms with Crippen molar-refractivity contribution in [3.8, 4) is 17.1 Å². The first-order chi connectivity index (χ1) is 13.7. The largest absolute Gasteiger partial charge is 0.338 e. The fourth-order valence-electron chi connectivity index (χ4n) is 2.76. The third kappa shape index (κ3) is 4.10. The standard InChI is InChI=1S/C20H18ClN5OS/c1-2-6-17-22-18(27-25-17)13-28-20-24-23-19(14-9-11-15(21)12-10-14)26(20)16-7-4-3-5-8-16/h3-5,7-12H,2,6,13H2,1H3. The molecule has 0 aliphatic rings. The van der Waals surface area contributed by atoms with Crippen LogP contribution in [0.15, 0.2) is 64.3 Å². The molecule has 0 radical (unpaired) electrons. The molecular weight excluding hydrogens is 394 g/mol. The van der Waals surface area contributed by atoms with Crippen LogP contribution in [0.1, 0.15) is 25.1 Å². The van der Waals surface area contributed by atoms with Crippen LogP contribution < -0.4 is 0 Å². The minimum absolute atomic E-state index is 0.530. The van der Waals surface area contributed by atoms with Crippen LogP contribution in [0, 0.1) is 0 Å². The van der Waals surface area contributed by atoms with Gasteiger partial charge in [0.15, 0.2) is 16.8 Å². The van der Waals surface area contributed by atoms with Gasteiger partial charge in [0.2, 0.25) is 5.89 Å². The Balaban J connectivity index is 1.65. The van der Waals surface area contributed by atoms with Gasteiger partial charge >= 0.3 is 0 Å². The van der Waals surface area contributed by atoms with Crippen molar-refractivity contribution in [1.82, 2.24) is 24.9 Å². The first kappa shape index (κ1) is 18.7. The topological polar surface area (TPSA) is 69.6 Å². The lowest BCUT2D eigenvalue weighted by atomic mass is 10.2. The van der Waals surface area contributed by atoms with Crippen molar-refractivity contribution in [2.45, 2.75) is 30.7 Å². The fourth-order valence-corrected chi connectivity index (χ4v) is 3.67. The molecule has 2 aromatic heterocycles. The summed E-state index contributed by atoms with van der Waals surface area (Å²) in [6.07, 6.45) is 1.80. The average Bonchev–Trinajstić information content (AvgIpc) is 3.35. The second-order valence-electron chi connectivity index (χ2n) is 6.13. The minimum Gasteiger partial charge on any atom is -0.338 e. The smallest absolute Gasteiger partial charge is 0.237 e. The monoisotopic (exact) mass is 411 g/mol. The number of thioether (sulfide) groups is 1. The van der Waals surface area contributed by atoms with Gasteiger partial charge in [-0.2, -0.15) is 4.98 Å². The van der Waals surface area contributed by atoms with Crippen LogP contribution in [-0.4, -0.2) is 24.9 Å². The summed E-state index contributed by atoms with van der Waals surface area (Å²) in [4.78, 5) is 4.42. The third-order valence-corrected chi connectivity index (χ3v) is 5.22. The number of nitrogens with zero attached hydrogens (tertiary/aromatic N) is 5.